The fourth-order valence-electron chi connectivity index (χ4n) is 1.20. The van der Waals surface area contributed by atoms with Gasteiger partial charge in [0.2, 0.25) is 23.3 Å². The Kier molecular flexibility index (Phi) is 6.58. The van der Waals surface area contributed by atoms with Gasteiger partial charge in [-0.1, -0.05) is 5.16 Å². The van der Waals surface area contributed by atoms with Crippen LogP contribution in [0.15, 0.2) is 5.16 Å². The van der Waals surface area contributed by atoms with Crippen molar-refractivity contribution in [3.8, 4) is 0 Å². The minimum absolute atomic E-state index is 0.0120. The van der Waals surface area contributed by atoms with E-state index >= 15 is 0 Å². The monoisotopic (exact) mass is 360 g/mol. The highest BCUT2D eigenvalue weighted by atomic mass is 32.1. The molecule has 0 atom stereocenters. The van der Waals surface area contributed by atoms with Crippen molar-refractivity contribution in [2.45, 2.75) is 26.4 Å². The zero-order valence-electron chi connectivity index (χ0n) is 13.4. The number of methoxy groups -OCH3 is 1. The lowest BCUT2D eigenvalue weighted by molar-refractivity contribution is -0.160. The SMILES string of the molecule is COC(=O)Nc1nc(C(=NOCC(=O)OC(C)(C)C)C(=O)O)ns1. The van der Waals surface area contributed by atoms with E-state index < -0.39 is 36.0 Å². The molecular weight excluding hydrogens is 344 g/mol. The third-order valence-corrected chi connectivity index (χ3v) is 2.62. The number of nitrogens with zero attached hydrogens (tertiary/aromatic N) is 3. The summed E-state index contributed by atoms with van der Waals surface area (Å²) >= 11 is 0.722. The van der Waals surface area contributed by atoms with Gasteiger partial charge in [0.05, 0.1) is 7.11 Å². The van der Waals surface area contributed by atoms with Crippen LogP contribution in [0.3, 0.4) is 0 Å². The number of ether oxygens (including phenoxy) is 2. The van der Waals surface area contributed by atoms with E-state index in [9.17, 15) is 14.4 Å². The molecule has 0 saturated carbocycles. The summed E-state index contributed by atoms with van der Waals surface area (Å²) in [5.74, 6) is -2.47. The van der Waals surface area contributed by atoms with Crippen LogP contribution in [0.1, 0.15) is 26.6 Å². The number of amides is 1. The predicted molar refractivity (Wildman–Crippen MR) is 81.9 cm³/mol. The standard InChI is InChI=1S/C12H16N4O7S/c1-12(2,3)23-6(17)5-22-15-7(9(18)19)8-13-10(24-16-8)14-11(20)21-4/h5H2,1-4H3,(H,18,19)(H,13,14,16,20). The second-order valence-electron chi connectivity index (χ2n) is 5.14. The fraction of sp³-hybridized carbons (Fsp3) is 0.500. The number of aromatic nitrogens is 2. The Morgan fingerprint density at radius 3 is 2.54 bits per heavy atom. The van der Waals surface area contributed by atoms with Gasteiger partial charge in [-0.3, -0.25) is 5.32 Å². The van der Waals surface area contributed by atoms with Crippen LogP contribution in [0.4, 0.5) is 9.93 Å². The summed E-state index contributed by atoms with van der Waals surface area (Å²) in [4.78, 5) is 42.1. The molecule has 0 aliphatic rings. The Hall–Kier alpha value is -2.76. The quantitative estimate of drug-likeness (QED) is 0.428. The van der Waals surface area contributed by atoms with Crippen molar-refractivity contribution in [3.05, 3.63) is 5.82 Å². The molecule has 0 aromatic carbocycles. The summed E-state index contributed by atoms with van der Waals surface area (Å²) in [6.07, 6.45) is -0.785. The molecule has 1 aromatic heterocycles. The number of hydrogen-bond acceptors (Lipinski definition) is 10. The van der Waals surface area contributed by atoms with Crippen LogP contribution in [-0.2, 0) is 23.9 Å². The first kappa shape index (κ1) is 19.3. The second kappa shape index (κ2) is 8.19. The Morgan fingerprint density at radius 1 is 1.33 bits per heavy atom. The third-order valence-electron chi connectivity index (χ3n) is 1.99. The van der Waals surface area contributed by atoms with Gasteiger partial charge in [-0.2, -0.15) is 9.36 Å². The molecular formula is C12H16N4O7S. The maximum atomic E-state index is 11.5. The van der Waals surface area contributed by atoms with Crippen LogP contribution in [0.5, 0.6) is 0 Å². The molecule has 2 N–H and O–H groups in total. The van der Waals surface area contributed by atoms with Crippen molar-refractivity contribution < 1.29 is 33.8 Å². The molecule has 1 aromatic rings. The van der Waals surface area contributed by atoms with Gasteiger partial charge in [-0.05, 0) is 20.8 Å². The van der Waals surface area contributed by atoms with Crippen LogP contribution < -0.4 is 5.32 Å². The van der Waals surface area contributed by atoms with E-state index in [4.69, 9.17) is 9.84 Å². The van der Waals surface area contributed by atoms with Crippen molar-refractivity contribution in [1.29, 1.82) is 0 Å². The summed E-state index contributed by atoms with van der Waals surface area (Å²) in [6.45, 7) is 4.44. The van der Waals surface area contributed by atoms with E-state index in [0.717, 1.165) is 18.6 Å². The Bertz CT molecular complexity index is 650. The molecule has 0 aliphatic heterocycles. The Balaban J connectivity index is 2.75. The summed E-state index contributed by atoms with van der Waals surface area (Å²) in [6, 6.07) is 0. The van der Waals surface area contributed by atoms with Gasteiger partial charge in [0.25, 0.3) is 0 Å². The molecule has 0 spiro atoms. The summed E-state index contributed by atoms with van der Waals surface area (Å²) in [7, 11) is 1.16. The van der Waals surface area contributed by atoms with Crippen molar-refractivity contribution in [3.63, 3.8) is 0 Å². The number of carbonyl (C=O) groups is 3. The zero-order valence-corrected chi connectivity index (χ0v) is 14.2. The average molecular weight is 360 g/mol. The highest BCUT2D eigenvalue weighted by Crippen LogP contribution is 2.12. The van der Waals surface area contributed by atoms with Gasteiger partial charge < -0.3 is 19.4 Å². The number of hydrogen-bond donors (Lipinski definition) is 2. The van der Waals surface area contributed by atoms with Crippen LogP contribution in [0.25, 0.3) is 0 Å². The largest absolute Gasteiger partial charge is 0.476 e. The van der Waals surface area contributed by atoms with Crippen LogP contribution in [0.2, 0.25) is 0 Å². The molecule has 132 valence electrons. The number of aliphatic carboxylic acids is 1. The first-order valence-corrected chi connectivity index (χ1v) is 7.24. The summed E-state index contributed by atoms with van der Waals surface area (Å²) < 4.78 is 13.1. The molecule has 1 heterocycles. The molecule has 0 aliphatic carbocycles. The number of nitrogens with one attached hydrogen (secondary N) is 1. The number of carbonyl (C=O) groups excluding carboxylic acids is 2. The average Bonchev–Trinajstić information content (AvgIpc) is 2.89. The number of carboxylic acid groups (broad SMARTS) is 1. The van der Waals surface area contributed by atoms with E-state index in [2.05, 4.69) is 29.4 Å². The second-order valence-corrected chi connectivity index (χ2v) is 5.90. The molecule has 12 heteroatoms. The highest BCUT2D eigenvalue weighted by Gasteiger charge is 2.21. The van der Waals surface area contributed by atoms with Gasteiger partial charge in [-0.25, -0.2) is 14.4 Å². The number of anilines is 1. The first-order valence-electron chi connectivity index (χ1n) is 6.46. The first-order chi connectivity index (χ1) is 11.1. The molecule has 0 saturated heterocycles. The minimum atomic E-state index is -1.47. The Labute approximate surface area is 140 Å². The molecule has 0 radical (unpaired) electrons. The number of carboxylic acids is 1. The lowest BCUT2D eigenvalue weighted by Crippen LogP contribution is -2.26. The van der Waals surface area contributed by atoms with Crippen LogP contribution in [-0.4, -0.2) is 57.5 Å². The van der Waals surface area contributed by atoms with Gasteiger partial charge in [0.1, 0.15) is 5.60 Å². The molecule has 24 heavy (non-hydrogen) atoms. The van der Waals surface area contributed by atoms with Gasteiger partial charge in [-0.15, -0.1) is 0 Å². The minimum Gasteiger partial charge on any atom is -0.476 e. The summed E-state index contributed by atoms with van der Waals surface area (Å²) in [5, 5.41) is 14.7. The molecule has 11 nitrogen and oxygen atoms in total. The number of oxime groups is 1. The molecule has 1 amide bonds. The highest BCUT2D eigenvalue weighted by molar-refractivity contribution is 7.10. The van der Waals surface area contributed by atoms with Crippen molar-refractivity contribution >= 4 is 40.4 Å². The lowest BCUT2D eigenvalue weighted by atomic mass is 10.2. The van der Waals surface area contributed by atoms with Crippen LogP contribution >= 0.6 is 11.5 Å². The molecule has 0 bridgehead atoms. The van der Waals surface area contributed by atoms with Crippen molar-refractivity contribution in [1.82, 2.24) is 9.36 Å². The van der Waals surface area contributed by atoms with Gasteiger partial charge in [0, 0.05) is 11.5 Å². The zero-order chi connectivity index (χ0) is 18.3. The van der Waals surface area contributed by atoms with Gasteiger partial charge >= 0.3 is 18.0 Å². The third kappa shape index (κ3) is 6.56. The van der Waals surface area contributed by atoms with E-state index in [1.165, 1.54) is 0 Å². The van der Waals surface area contributed by atoms with Gasteiger partial charge in [0.15, 0.2) is 0 Å². The molecule has 0 unspecified atom stereocenters. The normalized spacial score (nSPS) is 11.6. The van der Waals surface area contributed by atoms with E-state index in [1.807, 2.05) is 0 Å². The fourth-order valence-corrected chi connectivity index (χ4v) is 1.76. The number of rotatable bonds is 6. The topological polar surface area (TPSA) is 149 Å². The van der Waals surface area contributed by atoms with Crippen molar-refractivity contribution in [2.75, 3.05) is 19.0 Å². The van der Waals surface area contributed by atoms with Crippen LogP contribution in [0, 0.1) is 0 Å². The number of esters is 1. The molecule has 1 rings (SSSR count). The lowest BCUT2D eigenvalue weighted by Gasteiger charge is -2.18. The predicted octanol–water partition coefficient (Wildman–Crippen LogP) is 0.863. The molecule has 0 fully saturated rings. The van der Waals surface area contributed by atoms with Crippen molar-refractivity contribution in [2.24, 2.45) is 5.16 Å². The maximum absolute atomic E-state index is 11.5. The van der Waals surface area contributed by atoms with E-state index in [-0.39, 0.29) is 11.0 Å². The Morgan fingerprint density at radius 2 is 2.00 bits per heavy atom. The maximum Gasteiger partial charge on any atom is 0.413 e. The smallest absolute Gasteiger partial charge is 0.413 e. The van der Waals surface area contributed by atoms with E-state index in [0.29, 0.717) is 0 Å². The van der Waals surface area contributed by atoms with E-state index in [1.54, 1.807) is 20.8 Å². The summed E-state index contributed by atoms with van der Waals surface area (Å²) in [5.41, 5.74) is -1.34.